The maximum Gasteiger partial charge on any atom is 0.328 e. The van der Waals surface area contributed by atoms with Crippen LogP contribution in [-0.2, 0) is 4.79 Å². The number of pyridine rings is 1. The van der Waals surface area contributed by atoms with Crippen LogP contribution in [0.5, 0.6) is 0 Å². The first kappa shape index (κ1) is 15.9. The molecule has 1 aromatic heterocycles. The lowest BCUT2D eigenvalue weighted by Crippen LogP contribution is -2.24. The Kier molecular flexibility index (Phi) is 7.03. The Morgan fingerprint density at radius 2 is 2.10 bits per heavy atom. The van der Waals surface area contributed by atoms with E-state index in [0.29, 0.717) is 17.7 Å². The number of rotatable bonds is 8. The van der Waals surface area contributed by atoms with Gasteiger partial charge in [-0.05, 0) is 24.1 Å². The summed E-state index contributed by atoms with van der Waals surface area (Å²) in [5.41, 5.74) is 1.03. The third-order valence-corrected chi connectivity index (χ3v) is 2.76. The zero-order valence-electron chi connectivity index (χ0n) is 11.6. The van der Waals surface area contributed by atoms with Crippen molar-refractivity contribution in [2.75, 3.05) is 6.54 Å². The van der Waals surface area contributed by atoms with Gasteiger partial charge in [-0.25, -0.2) is 4.79 Å². The lowest BCUT2D eigenvalue weighted by Gasteiger charge is -2.05. The number of hydrogen-bond acceptors (Lipinski definition) is 3. The molecule has 5 heteroatoms. The van der Waals surface area contributed by atoms with Crippen molar-refractivity contribution in [2.24, 2.45) is 0 Å². The molecule has 20 heavy (non-hydrogen) atoms. The van der Waals surface area contributed by atoms with E-state index >= 15 is 0 Å². The zero-order chi connectivity index (χ0) is 14.8. The van der Waals surface area contributed by atoms with Gasteiger partial charge in [0, 0.05) is 25.0 Å². The number of nitrogens with one attached hydrogen (secondary N) is 1. The van der Waals surface area contributed by atoms with Crippen molar-refractivity contribution in [3.05, 3.63) is 35.7 Å². The normalized spacial score (nSPS) is 10.7. The standard InChI is InChI=1S/C15H20N2O3/c1-2-3-4-5-8-17-15(20)13-9-12(10-16-11-13)6-7-14(18)19/h6-7,9-11H,2-5,8H2,1H3,(H,17,20)(H,18,19). The summed E-state index contributed by atoms with van der Waals surface area (Å²) in [6.45, 7) is 2.79. The third-order valence-electron chi connectivity index (χ3n) is 2.76. The Bertz CT molecular complexity index is 484. The Hall–Kier alpha value is -2.17. The van der Waals surface area contributed by atoms with Gasteiger partial charge < -0.3 is 10.4 Å². The summed E-state index contributed by atoms with van der Waals surface area (Å²) in [4.78, 5) is 26.2. The predicted molar refractivity (Wildman–Crippen MR) is 77.4 cm³/mol. The van der Waals surface area contributed by atoms with Crippen molar-refractivity contribution in [2.45, 2.75) is 32.6 Å². The number of aromatic nitrogens is 1. The molecule has 1 amide bonds. The number of carbonyl (C=O) groups excluding carboxylic acids is 1. The molecule has 1 rings (SSSR count). The molecule has 0 aliphatic rings. The number of amides is 1. The average Bonchev–Trinajstić information content (AvgIpc) is 2.45. The molecule has 0 aliphatic carbocycles. The molecular weight excluding hydrogens is 256 g/mol. The van der Waals surface area contributed by atoms with Crippen LogP contribution in [0.15, 0.2) is 24.5 Å². The highest BCUT2D eigenvalue weighted by molar-refractivity contribution is 5.94. The molecule has 0 atom stereocenters. The second kappa shape index (κ2) is 8.85. The number of carboxylic acid groups (broad SMARTS) is 1. The smallest absolute Gasteiger partial charge is 0.328 e. The van der Waals surface area contributed by atoms with E-state index < -0.39 is 5.97 Å². The highest BCUT2D eigenvalue weighted by Crippen LogP contribution is 2.05. The number of carbonyl (C=O) groups is 2. The molecule has 108 valence electrons. The van der Waals surface area contributed by atoms with Crippen molar-refractivity contribution in [1.82, 2.24) is 10.3 Å². The molecule has 0 unspecified atom stereocenters. The van der Waals surface area contributed by atoms with Crippen LogP contribution in [0, 0.1) is 0 Å². The molecular formula is C15H20N2O3. The van der Waals surface area contributed by atoms with Gasteiger partial charge in [-0.1, -0.05) is 26.2 Å². The minimum atomic E-state index is -1.03. The van der Waals surface area contributed by atoms with Crippen molar-refractivity contribution in [3.8, 4) is 0 Å². The molecule has 0 spiro atoms. The lowest BCUT2D eigenvalue weighted by atomic mass is 10.1. The molecule has 0 fully saturated rings. The van der Waals surface area contributed by atoms with Crippen molar-refractivity contribution in [1.29, 1.82) is 0 Å². The van der Waals surface area contributed by atoms with Gasteiger partial charge in [0.25, 0.3) is 5.91 Å². The maximum absolute atomic E-state index is 11.9. The van der Waals surface area contributed by atoms with Crippen molar-refractivity contribution >= 4 is 18.0 Å². The minimum Gasteiger partial charge on any atom is -0.478 e. The Morgan fingerprint density at radius 3 is 2.80 bits per heavy atom. The summed E-state index contributed by atoms with van der Waals surface area (Å²) in [5, 5.41) is 11.4. The van der Waals surface area contributed by atoms with Gasteiger partial charge >= 0.3 is 5.97 Å². The van der Waals surface area contributed by atoms with Gasteiger partial charge in [0.1, 0.15) is 0 Å². The first-order valence-electron chi connectivity index (χ1n) is 6.77. The highest BCUT2D eigenvalue weighted by Gasteiger charge is 2.05. The molecule has 5 nitrogen and oxygen atoms in total. The molecule has 2 N–H and O–H groups in total. The van der Waals surface area contributed by atoms with Crippen molar-refractivity contribution < 1.29 is 14.7 Å². The number of aliphatic carboxylic acids is 1. The second-order valence-electron chi connectivity index (χ2n) is 4.50. The van der Waals surface area contributed by atoms with Crippen LogP contribution >= 0.6 is 0 Å². The van der Waals surface area contributed by atoms with E-state index in [1.54, 1.807) is 6.07 Å². The summed E-state index contributed by atoms with van der Waals surface area (Å²) < 4.78 is 0. The molecule has 0 bridgehead atoms. The van der Waals surface area contributed by atoms with Gasteiger partial charge in [-0.15, -0.1) is 0 Å². The fraction of sp³-hybridized carbons (Fsp3) is 0.400. The molecule has 0 aliphatic heterocycles. The van der Waals surface area contributed by atoms with Gasteiger partial charge in [-0.2, -0.15) is 0 Å². The average molecular weight is 276 g/mol. The van der Waals surface area contributed by atoms with Crippen LogP contribution in [0.2, 0.25) is 0 Å². The van der Waals surface area contributed by atoms with E-state index in [-0.39, 0.29) is 5.91 Å². The second-order valence-corrected chi connectivity index (χ2v) is 4.50. The van der Waals surface area contributed by atoms with Crippen LogP contribution in [0.4, 0.5) is 0 Å². The Morgan fingerprint density at radius 1 is 1.30 bits per heavy atom. The minimum absolute atomic E-state index is 0.181. The predicted octanol–water partition coefficient (Wildman–Crippen LogP) is 2.49. The number of nitrogens with zero attached hydrogens (tertiary/aromatic N) is 1. The van der Waals surface area contributed by atoms with E-state index in [9.17, 15) is 9.59 Å². The first-order valence-corrected chi connectivity index (χ1v) is 6.77. The number of hydrogen-bond donors (Lipinski definition) is 2. The topological polar surface area (TPSA) is 79.3 Å². The number of carboxylic acids is 1. The van der Waals surface area contributed by atoms with Gasteiger partial charge in [0.15, 0.2) is 0 Å². The maximum atomic E-state index is 11.9. The fourth-order valence-electron chi connectivity index (χ4n) is 1.70. The Labute approximate surface area is 118 Å². The van der Waals surface area contributed by atoms with Crippen LogP contribution in [0.25, 0.3) is 6.08 Å². The van der Waals surface area contributed by atoms with Gasteiger partial charge in [-0.3, -0.25) is 9.78 Å². The largest absolute Gasteiger partial charge is 0.478 e. The van der Waals surface area contributed by atoms with E-state index in [2.05, 4.69) is 17.2 Å². The van der Waals surface area contributed by atoms with E-state index in [4.69, 9.17) is 5.11 Å². The third kappa shape index (κ3) is 6.13. The number of unbranched alkanes of at least 4 members (excludes halogenated alkanes) is 3. The summed E-state index contributed by atoms with van der Waals surface area (Å²) in [5.74, 6) is -1.21. The van der Waals surface area contributed by atoms with Crippen LogP contribution < -0.4 is 5.32 Å². The van der Waals surface area contributed by atoms with Crippen LogP contribution in [0.3, 0.4) is 0 Å². The fourth-order valence-corrected chi connectivity index (χ4v) is 1.70. The highest BCUT2D eigenvalue weighted by atomic mass is 16.4. The SMILES string of the molecule is CCCCCCNC(=O)c1cncc(C=CC(=O)O)c1. The monoisotopic (exact) mass is 276 g/mol. The molecule has 0 aromatic carbocycles. The molecule has 0 radical (unpaired) electrons. The molecule has 0 saturated heterocycles. The van der Waals surface area contributed by atoms with Crippen LogP contribution in [0.1, 0.15) is 48.5 Å². The molecule has 0 saturated carbocycles. The summed E-state index contributed by atoms with van der Waals surface area (Å²) in [7, 11) is 0. The quantitative estimate of drug-likeness (QED) is 0.564. The first-order chi connectivity index (χ1) is 9.63. The van der Waals surface area contributed by atoms with Crippen LogP contribution in [-0.4, -0.2) is 28.5 Å². The van der Waals surface area contributed by atoms with Gasteiger partial charge in [0.2, 0.25) is 0 Å². The summed E-state index contributed by atoms with van der Waals surface area (Å²) in [6, 6.07) is 1.62. The zero-order valence-corrected chi connectivity index (χ0v) is 11.6. The Balaban J connectivity index is 2.51. The van der Waals surface area contributed by atoms with Crippen molar-refractivity contribution in [3.63, 3.8) is 0 Å². The van der Waals surface area contributed by atoms with E-state index in [1.165, 1.54) is 24.9 Å². The summed E-state index contributed by atoms with van der Waals surface area (Å²) in [6.07, 6.45) is 9.82. The van der Waals surface area contributed by atoms with E-state index in [1.807, 2.05) is 0 Å². The van der Waals surface area contributed by atoms with Gasteiger partial charge in [0.05, 0.1) is 5.56 Å². The molecule has 1 aromatic rings. The lowest BCUT2D eigenvalue weighted by molar-refractivity contribution is -0.131. The summed E-state index contributed by atoms with van der Waals surface area (Å²) >= 11 is 0. The van der Waals surface area contributed by atoms with E-state index in [0.717, 1.165) is 25.3 Å². The molecule has 1 heterocycles.